The van der Waals surface area contributed by atoms with Gasteiger partial charge in [-0.05, 0) is 65.8 Å². The molecule has 0 unspecified atom stereocenters. The van der Waals surface area contributed by atoms with Gasteiger partial charge in [0.15, 0.2) is 0 Å². The third-order valence-electron chi connectivity index (χ3n) is 5.33. The lowest BCUT2D eigenvalue weighted by Gasteiger charge is -2.32. The van der Waals surface area contributed by atoms with Gasteiger partial charge in [0, 0.05) is 24.5 Å². The zero-order chi connectivity index (χ0) is 18.8. The van der Waals surface area contributed by atoms with Crippen molar-refractivity contribution in [2.24, 2.45) is 0 Å². The number of benzene rings is 1. The number of cyclic esters (lactones) is 1. The molecule has 0 bridgehead atoms. The average molecular weight is 385 g/mol. The quantitative estimate of drug-likeness (QED) is 0.850. The molecule has 6 nitrogen and oxygen atoms in total. The summed E-state index contributed by atoms with van der Waals surface area (Å²) in [6.45, 7) is 4.39. The Hall–Kier alpha value is -2.54. The molecule has 1 aromatic carbocycles. The van der Waals surface area contributed by atoms with Gasteiger partial charge in [0.1, 0.15) is 6.61 Å². The SMILES string of the molecule is Cc1ccc(N2CCOC2=O)cc1NC(=O)N1CCC(c2ccsc2)CC1. The topological polar surface area (TPSA) is 61.9 Å². The Kier molecular flexibility index (Phi) is 5.03. The molecule has 2 aliphatic rings. The van der Waals surface area contributed by atoms with E-state index in [1.165, 1.54) is 5.56 Å². The number of urea groups is 1. The Balaban J connectivity index is 1.40. The molecule has 0 aliphatic carbocycles. The van der Waals surface area contributed by atoms with Gasteiger partial charge < -0.3 is 15.0 Å². The van der Waals surface area contributed by atoms with Crippen LogP contribution in [0.1, 0.15) is 29.9 Å². The molecule has 3 heterocycles. The third-order valence-corrected chi connectivity index (χ3v) is 6.03. The highest BCUT2D eigenvalue weighted by Gasteiger charge is 2.26. The van der Waals surface area contributed by atoms with Gasteiger partial charge in [-0.1, -0.05) is 6.07 Å². The van der Waals surface area contributed by atoms with Crippen LogP contribution in [0, 0.1) is 6.92 Å². The zero-order valence-electron chi connectivity index (χ0n) is 15.3. The number of rotatable bonds is 3. The van der Waals surface area contributed by atoms with Crippen LogP contribution in [-0.2, 0) is 4.74 Å². The molecular weight excluding hydrogens is 362 g/mol. The molecule has 1 N–H and O–H groups in total. The van der Waals surface area contributed by atoms with E-state index in [-0.39, 0.29) is 12.1 Å². The molecule has 2 aliphatic heterocycles. The van der Waals surface area contributed by atoms with E-state index in [0.717, 1.165) is 42.9 Å². The minimum atomic E-state index is -0.341. The number of aryl methyl sites for hydroxylation is 1. The van der Waals surface area contributed by atoms with Crippen LogP contribution in [-0.4, -0.2) is 43.3 Å². The second kappa shape index (κ2) is 7.60. The maximum absolute atomic E-state index is 12.7. The van der Waals surface area contributed by atoms with E-state index in [9.17, 15) is 9.59 Å². The first kappa shape index (κ1) is 17.9. The lowest BCUT2D eigenvalue weighted by molar-refractivity contribution is 0.181. The normalized spacial score (nSPS) is 17.9. The lowest BCUT2D eigenvalue weighted by Crippen LogP contribution is -2.40. The molecule has 2 fully saturated rings. The molecule has 0 spiro atoms. The first-order chi connectivity index (χ1) is 13.1. The van der Waals surface area contributed by atoms with Crippen LogP contribution in [0.4, 0.5) is 21.0 Å². The second-order valence-electron chi connectivity index (χ2n) is 7.01. The van der Waals surface area contributed by atoms with Crippen molar-refractivity contribution in [3.05, 3.63) is 46.2 Å². The number of likely N-dealkylation sites (tertiary alicyclic amines) is 1. The van der Waals surface area contributed by atoms with E-state index in [4.69, 9.17) is 4.74 Å². The molecule has 1 aromatic heterocycles. The summed E-state index contributed by atoms with van der Waals surface area (Å²) in [5, 5.41) is 7.34. The van der Waals surface area contributed by atoms with Gasteiger partial charge in [0.05, 0.1) is 6.54 Å². The number of nitrogens with one attached hydrogen (secondary N) is 1. The van der Waals surface area contributed by atoms with Crippen molar-refractivity contribution < 1.29 is 14.3 Å². The van der Waals surface area contributed by atoms with Crippen LogP contribution in [0.2, 0.25) is 0 Å². The first-order valence-electron chi connectivity index (χ1n) is 9.25. The van der Waals surface area contributed by atoms with Gasteiger partial charge >= 0.3 is 12.1 Å². The van der Waals surface area contributed by atoms with E-state index in [0.29, 0.717) is 19.1 Å². The Labute approximate surface area is 162 Å². The minimum absolute atomic E-state index is 0.0805. The number of amides is 3. The van der Waals surface area contributed by atoms with Crippen molar-refractivity contribution in [1.29, 1.82) is 0 Å². The predicted molar refractivity (Wildman–Crippen MR) is 107 cm³/mol. The minimum Gasteiger partial charge on any atom is -0.447 e. The summed E-state index contributed by atoms with van der Waals surface area (Å²) >= 11 is 1.73. The highest BCUT2D eigenvalue weighted by molar-refractivity contribution is 7.07. The van der Waals surface area contributed by atoms with E-state index < -0.39 is 0 Å². The predicted octanol–water partition coefficient (Wildman–Crippen LogP) is 4.42. The van der Waals surface area contributed by atoms with Crippen molar-refractivity contribution in [3.8, 4) is 0 Å². The van der Waals surface area contributed by atoms with Crippen LogP contribution in [0.3, 0.4) is 0 Å². The highest BCUT2D eigenvalue weighted by Crippen LogP contribution is 2.30. The van der Waals surface area contributed by atoms with Gasteiger partial charge in [-0.25, -0.2) is 9.59 Å². The molecule has 2 saturated heterocycles. The molecule has 0 saturated carbocycles. The fraction of sp³-hybridized carbons (Fsp3) is 0.400. The van der Waals surface area contributed by atoms with E-state index in [1.54, 1.807) is 16.2 Å². The maximum atomic E-state index is 12.7. The standard InChI is InChI=1S/C20H23N3O3S/c1-14-2-3-17(23-9-10-26-20(23)25)12-18(14)21-19(24)22-7-4-15(5-8-22)16-6-11-27-13-16/h2-3,6,11-13,15H,4-5,7-10H2,1H3,(H,21,24). The number of piperidine rings is 1. The summed E-state index contributed by atoms with van der Waals surface area (Å²) in [6, 6.07) is 7.74. The largest absolute Gasteiger partial charge is 0.447 e. The molecule has 7 heteroatoms. The Bertz CT molecular complexity index is 829. The summed E-state index contributed by atoms with van der Waals surface area (Å²) in [4.78, 5) is 28.0. The van der Waals surface area contributed by atoms with Crippen LogP contribution in [0.25, 0.3) is 0 Å². The van der Waals surface area contributed by atoms with Gasteiger partial charge in [-0.3, -0.25) is 4.90 Å². The van der Waals surface area contributed by atoms with Gasteiger partial charge in [-0.15, -0.1) is 0 Å². The van der Waals surface area contributed by atoms with Crippen LogP contribution < -0.4 is 10.2 Å². The number of carbonyl (C=O) groups excluding carboxylic acids is 2. The van der Waals surface area contributed by atoms with Crippen molar-refractivity contribution in [2.45, 2.75) is 25.7 Å². The smallest absolute Gasteiger partial charge is 0.414 e. The lowest BCUT2D eigenvalue weighted by atomic mass is 9.91. The average Bonchev–Trinajstić information content (AvgIpc) is 3.35. The van der Waals surface area contributed by atoms with Crippen molar-refractivity contribution in [1.82, 2.24) is 4.90 Å². The van der Waals surface area contributed by atoms with Gasteiger partial charge in [0.2, 0.25) is 0 Å². The Morgan fingerprint density at radius 2 is 2.04 bits per heavy atom. The number of thiophene rings is 1. The fourth-order valence-electron chi connectivity index (χ4n) is 3.66. The first-order valence-corrected chi connectivity index (χ1v) is 10.2. The third kappa shape index (κ3) is 3.78. The summed E-state index contributed by atoms with van der Waals surface area (Å²) in [5.74, 6) is 0.548. The number of hydrogen-bond acceptors (Lipinski definition) is 4. The molecule has 3 amide bonds. The molecule has 27 heavy (non-hydrogen) atoms. The van der Waals surface area contributed by atoms with Crippen LogP contribution >= 0.6 is 11.3 Å². The molecular formula is C20H23N3O3S. The summed E-state index contributed by atoms with van der Waals surface area (Å²) in [6.07, 6.45) is 1.64. The van der Waals surface area contributed by atoms with Crippen molar-refractivity contribution in [3.63, 3.8) is 0 Å². The highest BCUT2D eigenvalue weighted by atomic mass is 32.1. The number of ether oxygens (including phenoxy) is 1. The van der Waals surface area contributed by atoms with Gasteiger partial charge in [0.25, 0.3) is 0 Å². The van der Waals surface area contributed by atoms with E-state index in [2.05, 4.69) is 22.1 Å². The van der Waals surface area contributed by atoms with Crippen molar-refractivity contribution in [2.75, 3.05) is 36.5 Å². The summed E-state index contributed by atoms with van der Waals surface area (Å²) in [5.41, 5.74) is 3.83. The van der Waals surface area contributed by atoms with Gasteiger partial charge in [-0.2, -0.15) is 11.3 Å². The molecule has 4 rings (SSSR count). The number of anilines is 2. The maximum Gasteiger partial charge on any atom is 0.414 e. The second-order valence-corrected chi connectivity index (χ2v) is 7.79. The fourth-order valence-corrected chi connectivity index (χ4v) is 4.40. The zero-order valence-corrected chi connectivity index (χ0v) is 16.1. The monoisotopic (exact) mass is 385 g/mol. The van der Waals surface area contributed by atoms with Crippen molar-refractivity contribution >= 4 is 34.8 Å². The number of hydrogen-bond donors (Lipinski definition) is 1. The van der Waals surface area contributed by atoms with E-state index in [1.807, 2.05) is 30.0 Å². The Morgan fingerprint density at radius 1 is 1.22 bits per heavy atom. The number of carbonyl (C=O) groups is 2. The summed E-state index contributed by atoms with van der Waals surface area (Å²) < 4.78 is 5.00. The molecule has 0 radical (unpaired) electrons. The Morgan fingerprint density at radius 3 is 2.70 bits per heavy atom. The molecule has 2 aromatic rings. The summed E-state index contributed by atoms with van der Waals surface area (Å²) in [7, 11) is 0. The number of nitrogens with zero attached hydrogens (tertiary/aromatic N) is 2. The molecule has 142 valence electrons. The molecule has 0 atom stereocenters. The van der Waals surface area contributed by atoms with Crippen LogP contribution in [0.15, 0.2) is 35.0 Å². The van der Waals surface area contributed by atoms with Crippen LogP contribution in [0.5, 0.6) is 0 Å². The van der Waals surface area contributed by atoms with E-state index >= 15 is 0 Å².